The van der Waals surface area contributed by atoms with E-state index in [-0.39, 0.29) is 11.6 Å². The second-order valence-corrected chi connectivity index (χ2v) is 5.06. The van der Waals surface area contributed by atoms with Gasteiger partial charge < -0.3 is 9.47 Å². The molecule has 0 aliphatic carbocycles. The van der Waals surface area contributed by atoms with E-state index < -0.39 is 0 Å². The Labute approximate surface area is 102 Å². The first kappa shape index (κ1) is 12.0. The van der Waals surface area contributed by atoms with Crippen LogP contribution in [0.15, 0.2) is 18.2 Å². The number of fused-ring (bicyclic) bond motifs is 1. The Hall–Kier alpha value is -1.51. The highest BCUT2D eigenvalue weighted by molar-refractivity contribution is 5.72. The molecule has 0 saturated heterocycles. The van der Waals surface area contributed by atoms with Crippen LogP contribution in [0.1, 0.15) is 31.4 Å². The molecule has 0 radical (unpaired) electrons. The Morgan fingerprint density at radius 3 is 2.94 bits per heavy atom. The highest BCUT2D eigenvalue weighted by Gasteiger charge is 2.26. The van der Waals surface area contributed by atoms with Gasteiger partial charge in [-0.2, -0.15) is 0 Å². The fraction of sp³-hybridized carbons (Fsp3) is 0.500. The van der Waals surface area contributed by atoms with E-state index in [0.29, 0.717) is 6.42 Å². The topological polar surface area (TPSA) is 35.5 Å². The van der Waals surface area contributed by atoms with Gasteiger partial charge in [-0.25, -0.2) is 0 Å². The van der Waals surface area contributed by atoms with E-state index in [1.807, 2.05) is 18.2 Å². The standard InChI is InChI=1S/C14H18O3/c1-14(2)7-6-11-8-10(9-13(15)16-3)4-5-12(11)17-14/h4-5,8H,6-7,9H2,1-3H3. The largest absolute Gasteiger partial charge is 0.488 e. The summed E-state index contributed by atoms with van der Waals surface area (Å²) in [6, 6.07) is 5.92. The molecule has 0 amide bonds. The minimum Gasteiger partial charge on any atom is -0.488 e. The van der Waals surface area contributed by atoms with Crippen molar-refractivity contribution in [1.29, 1.82) is 0 Å². The first-order valence-electron chi connectivity index (χ1n) is 5.88. The SMILES string of the molecule is COC(=O)Cc1ccc2c(c1)CCC(C)(C)O2. The van der Waals surface area contributed by atoms with Crippen molar-refractivity contribution >= 4 is 5.97 Å². The van der Waals surface area contributed by atoms with E-state index in [0.717, 1.165) is 24.2 Å². The number of methoxy groups -OCH3 is 1. The Morgan fingerprint density at radius 2 is 2.24 bits per heavy atom. The Balaban J connectivity index is 2.18. The molecule has 2 rings (SSSR count). The number of ether oxygens (including phenoxy) is 2. The normalized spacial score (nSPS) is 16.9. The van der Waals surface area contributed by atoms with Crippen LogP contribution in [-0.4, -0.2) is 18.7 Å². The Bertz CT molecular complexity index is 435. The summed E-state index contributed by atoms with van der Waals surface area (Å²) in [6.07, 6.45) is 2.33. The van der Waals surface area contributed by atoms with Crippen LogP contribution in [0, 0.1) is 0 Å². The van der Waals surface area contributed by atoms with E-state index in [1.165, 1.54) is 12.7 Å². The molecule has 1 aromatic carbocycles. The third-order valence-corrected chi connectivity index (χ3v) is 3.08. The van der Waals surface area contributed by atoms with Crippen LogP contribution in [0.4, 0.5) is 0 Å². The Morgan fingerprint density at radius 1 is 1.47 bits per heavy atom. The minimum atomic E-state index is -0.206. The molecule has 1 aromatic rings. The van der Waals surface area contributed by atoms with Gasteiger partial charge in [0.25, 0.3) is 0 Å². The van der Waals surface area contributed by atoms with Gasteiger partial charge in [-0.1, -0.05) is 12.1 Å². The fourth-order valence-corrected chi connectivity index (χ4v) is 2.06. The summed E-state index contributed by atoms with van der Waals surface area (Å²) in [6.45, 7) is 4.19. The molecule has 0 unspecified atom stereocenters. The zero-order valence-corrected chi connectivity index (χ0v) is 10.6. The van der Waals surface area contributed by atoms with Gasteiger partial charge in [0.2, 0.25) is 0 Å². The van der Waals surface area contributed by atoms with E-state index in [2.05, 4.69) is 18.6 Å². The van der Waals surface area contributed by atoms with Crippen molar-refractivity contribution in [1.82, 2.24) is 0 Å². The van der Waals surface area contributed by atoms with Crippen LogP contribution in [0.5, 0.6) is 5.75 Å². The molecular formula is C14H18O3. The molecule has 3 nitrogen and oxygen atoms in total. The van der Waals surface area contributed by atoms with Crippen molar-refractivity contribution < 1.29 is 14.3 Å². The lowest BCUT2D eigenvalue weighted by Crippen LogP contribution is -2.32. The summed E-state index contributed by atoms with van der Waals surface area (Å²) in [7, 11) is 1.41. The highest BCUT2D eigenvalue weighted by Crippen LogP contribution is 2.33. The zero-order chi connectivity index (χ0) is 12.5. The lowest BCUT2D eigenvalue weighted by molar-refractivity contribution is -0.139. The van der Waals surface area contributed by atoms with E-state index in [9.17, 15) is 4.79 Å². The van der Waals surface area contributed by atoms with Crippen molar-refractivity contribution in [3.63, 3.8) is 0 Å². The summed E-state index contributed by atoms with van der Waals surface area (Å²) < 4.78 is 10.6. The molecule has 0 saturated carbocycles. The number of benzene rings is 1. The molecule has 0 N–H and O–H groups in total. The molecule has 0 spiro atoms. The lowest BCUT2D eigenvalue weighted by Gasteiger charge is -2.32. The molecule has 1 aliphatic rings. The van der Waals surface area contributed by atoms with Gasteiger partial charge in [-0.3, -0.25) is 4.79 Å². The number of carbonyl (C=O) groups is 1. The quantitative estimate of drug-likeness (QED) is 0.737. The summed E-state index contributed by atoms with van der Waals surface area (Å²) in [5.41, 5.74) is 2.08. The van der Waals surface area contributed by atoms with E-state index in [4.69, 9.17) is 4.74 Å². The van der Waals surface area contributed by atoms with Gasteiger partial charge in [0.15, 0.2) is 0 Å². The van der Waals surface area contributed by atoms with Crippen LogP contribution in [-0.2, 0) is 22.4 Å². The highest BCUT2D eigenvalue weighted by atomic mass is 16.5. The first-order valence-corrected chi connectivity index (χ1v) is 5.88. The number of carbonyl (C=O) groups excluding carboxylic acids is 1. The molecule has 1 aliphatic heterocycles. The molecular weight excluding hydrogens is 216 g/mol. The molecule has 0 atom stereocenters. The predicted molar refractivity (Wildman–Crippen MR) is 65.2 cm³/mol. The molecule has 0 aromatic heterocycles. The third kappa shape index (κ3) is 2.78. The fourth-order valence-electron chi connectivity index (χ4n) is 2.06. The number of hydrogen-bond acceptors (Lipinski definition) is 3. The predicted octanol–water partition coefficient (Wildman–Crippen LogP) is 2.51. The summed E-state index contributed by atoms with van der Waals surface area (Å²) >= 11 is 0. The Kier molecular flexibility index (Phi) is 3.09. The lowest BCUT2D eigenvalue weighted by atomic mass is 9.93. The van der Waals surface area contributed by atoms with Crippen LogP contribution in [0.2, 0.25) is 0 Å². The number of esters is 1. The van der Waals surface area contributed by atoms with Crippen LogP contribution in [0.3, 0.4) is 0 Å². The first-order chi connectivity index (χ1) is 8.00. The molecule has 3 heteroatoms. The molecule has 0 fully saturated rings. The van der Waals surface area contributed by atoms with Crippen molar-refractivity contribution in [2.24, 2.45) is 0 Å². The monoisotopic (exact) mass is 234 g/mol. The van der Waals surface area contributed by atoms with Gasteiger partial charge >= 0.3 is 5.97 Å². The zero-order valence-electron chi connectivity index (χ0n) is 10.6. The van der Waals surface area contributed by atoms with Crippen molar-refractivity contribution in [2.75, 3.05) is 7.11 Å². The molecule has 0 bridgehead atoms. The number of aryl methyl sites for hydroxylation is 1. The van der Waals surface area contributed by atoms with Crippen molar-refractivity contribution in [3.8, 4) is 5.75 Å². The van der Waals surface area contributed by atoms with Gasteiger partial charge in [0.1, 0.15) is 11.4 Å². The molecule has 1 heterocycles. The van der Waals surface area contributed by atoms with E-state index in [1.54, 1.807) is 0 Å². The van der Waals surface area contributed by atoms with Crippen LogP contribution < -0.4 is 4.74 Å². The molecule has 17 heavy (non-hydrogen) atoms. The van der Waals surface area contributed by atoms with E-state index >= 15 is 0 Å². The summed E-state index contributed by atoms with van der Waals surface area (Å²) in [4.78, 5) is 11.2. The second kappa shape index (κ2) is 4.40. The maximum absolute atomic E-state index is 11.2. The third-order valence-electron chi connectivity index (χ3n) is 3.08. The number of rotatable bonds is 2. The minimum absolute atomic E-state index is 0.0864. The van der Waals surface area contributed by atoms with Crippen LogP contribution >= 0.6 is 0 Å². The van der Waals surface area contributed by atoms with Crippen molar-refractivity contribution in [3.05, 3.63) is 29.3 Å². The maximum Gasteiger partial charge on any atom is 0.309 e. The van der Waals surface area contributed by atoms with Gasteiger partial charge in [-0.05, 0) is 43.9 Å². The second-order valence-electron chi connectivity index (χ2n) is 5.06. The van der Waals surface area contributed by atoms with Gasteiger partial charge in [0, 0.05) is 0 Å². The number of hydrogen-bond donors (Lipinski definition) is 0. The average Bonchev–Trinajstić information content (AvgIpc) is 2.28. The maximum atomic E-state index is 11.2. The smallest absolute Gasteiger partial charge is 0.309 e. The average molecular weight is 234 g/mol. The summed E-state index contributed by atoms with van der Waals surface area (Å²) in [5, 5.41) is 0. The summed E-state index contributed by atoms with van der Waals surface area (Å²) in [5.74, 6) is 0.733. The van der Waals surface area contributed by atoms with Crippen LogP contribution in [0.25, 0.3) is 0 Å². The van der Waals surface area contributed by atoms with Crippen molar-refractivity contribution in [2.45, 2.75) is 38.7 Å². The van der Waals surface area contributed by atoms with Gasteiger partial charge in [-0.15, -0.1) is 0 Å². The molecule has 92 valence electrons. The van der Waals surface area contributed by atoms with Gasteiger partial charge in [0.05, 0.1) is 13.5 Å².